The fourth-order valence-electron chi connectivity index (χ4n) is 3.76. The van der Waals surface area contributed by atoms with Crippen molar-refractivity contribution < 1.29 is 19.1 Å². The van der Waals surface area contributed by atoms with Crippen molar-refractivity contribution in [2.45, 2.75) is 39.2 Å². The number of aromatic nitrogens is 1. The van der Waals surface area contributed by atoms with Gasteiger partial charge in [-0.05, 0) is 43.9 Å². The van der Waals surface area contributed by atoms with E-state index in [1.54, 1.807) is 24.0 Å². The number of H-pyrrole nitrogens is 1. The number of carbonyl (C=O) groups excluding carboxylic acids is 3. The number of hydrogen-bond donors (Lipinski definition) is 2. The van der Waals surface area contributed by atoms with Gasteiger partial charge in [0.05, 0.1) is 12.7 Å². The lowest BCUT2D eigenvalue weighted by molar-refractivity contribution is 0.0598. The number of benzene rings is 1. The molecule has 7 heteroatoms. The summed E-state index contributed by atoms with van der Waals surface area (Å²) in [6.07, 6.45) is 1.98. The van der Waals surface area contributed by atoms with Gasteiger partial charge in [0.1, 0.15) is 5.69 Å². The molecule has 0 unspecified atom stereocenters. The third-order valence-corrected chi connectivity index (χ3v) is 5.44. The summed E-state index contributed by atoms with van der Waals surface area (Å²) in [6.45, 7) is 4.78. The van der Waals surface area contributed by atoms with E-state index in [4.69, 9.17) is 4.74 Å². The largest absolute Gasteiger partial charge is 0.465 e. The number of carbonyl (C=O) groups is 3. The minimum absolute atomic E-state index is 0.0355. The summed E-state index contributed by atoms with van der Waals surface area (Å²) >= 11 is 0. The Kier molecular flexibility index (Phi) is 6.36. The molecular weight excluding hydrogens is 370 g/mol. The van der Waals surface area contributed by atoms with Gasteiger partial charge in [0, 0.05) is 30.4 Å². The Morgan fingerprint density at radius 3 is 2.41 bits per heavy atom. The summed E-state index contributed by atoms with van der Waals surface area (Å²) < 4.78 is 4.86. The fourth-order valence-corrected chi connectivity index (χ4v) is 3.76. The summed E-state index contributed by atoms with van der Waals surface area (Å²) in [5.41, 5.74) is 2.86. The molecule has 1 aliphatic heterocycles. The first-order valence-corrected chi connectivity index (χ1v) is 9.91. The lowest BCUT2D eigenvalue weighted by Crippen LogP contribution is -2.46. The van der Waals surface area contributed by atoms with Crippen LogP contribution in [-0.2, 0) is 11.2 Å². The van der Waals surface area contributed by atoms with E-state index in [9.17, 15) is 14.4 Å². The van der Waals surface area contributed by atoms with Crippen molar-refractivity contribution in [1.82, 2.24) is 15.2 Å². The van der Waals surface area contributed by atoms with Crippen LogP contribution in [-0.4, -0.2) is 53.9 Å². The zero-order chi connectivity index (χ0) is 21.0. The average Bonchev–Trinajstić information content (AvgIpc) is 3.10. The van der Waals surface area contributed by atoms with Crippen LogP contribution in [0.1, 0.15) is 62.2 Å². The number of esters is 1. The number of nitrogens with one attached hydrogen (secondary N) is 2. The molecule has 2 N–H and O–H groups in total. The number of aromatic amines is 1. The maximum absolute atomic E-state index is 13.0. The molecule has 2 heterocycles. The molecule has 1 aromatic heterocycles. The highest BCUT2D eigenvalue weighted by Crippen LogP contribution is 2.23. The van der Waals surface area contributed by atoms with Gasteiger partial charge in [-0.25, -0.2) is 4.79 Å². The van der Waals surface area contributed by atoms with E-state index in [0.29, 0.717) is 60.4 Å². The molecule has 2 amide bonds. The number of likely N-dealkylation sites (tertiary alicyclic amines) is 1. The molecule has 1 aromatic carbocycles. The van der Waals surface area contributed by atoms with Crippen molar-refractivity contribution in [2.75, 3.05) is 20.2 Å². The number of hydrogen-bond acceptors (Lipinski definition) is 4. The second-order valence-corrected chi connectivity index (χ2v) is 7.23. The van der Waals surface area contributed by atoms with Gasteiger partial charge in [-0.2, -0.15) is 0 Å². The van der Waals surface area contributed by atoms with Crippen LogP contribution >= 0.6 is 0 Å². The molecule has 0 atom stereocenters. The predicted molar refractivity (Wildman–Crippen MR) is 109 cm³/mol. The summed E-state index contributed by atoms with van der Waals surface area (Å²) in [7, 11) is 1.34. The van der Waals surface area contributed by atoms with Crippen LogP contribution in [0, 0.1) is 6.92 Å². The highest BCUT2D eigenvalue weighted by Gasteiger charge is 2.29. The van der Waals surface area contributed by atoms with Crippen LogP contribution in [0.3, 0.4) is 0 Å². The Morgan fingerprint density at radius 2 is 1.83 bits per heavy atom. The Labute approximate surface area is 170 Å². The number of methoxy groups -OCH3 is 1. The van der Waals surface area contributed by atoms with Crippen molar-refractivity contribution in [3.05, 3.63) is 58.4 Å². The SMILES string of the molecule is CCc1[nH]c(C(=O)N2CCC(NC(=O)c3ccccc3)CC2)c(C)c1C(=O)OC. The van der Waals surface area contributed by atoms with Crippen LogP contribution in [0.5, 0.6) is 0 Å². The van der Waals surface area contributed by atoms with Crippen molar-refractivity contribution >= 4 is 17.8 Å². The highest BCUT2D eigenvalue weighted by atomic mass is 16.5. The zero-order valence-corrected chi connectivity index (χ0v) is 17.1. The molecule has 0 saturated carbocycles. The van der Waals surface area contributed by atoms with E-state index >= 15 is 0 Å². The molecule has 3 rings (SSSR count). The van der Waals surface area contributed by atoms with Crippen molar-refractivity contribution in [3.63, 3.8) is 0 Å². The minimum Gasteiger partial charge on any atom is -0.465 e. The minimum atomic E-state index is -0.433. The average molecular weight is 397 g/mol. The van der Waals surface area contributed by atoms with Gasteiger partial charge in [-0.1, -0.05) is 25.1 Å². The van der Waals surface area contributed by atoms with E-state index in [2.05, 4.69) is 10.3 Å². The molecule has 1 fully saturated rings. The molecular formula is C22H27N3O4. The van der Waals surface area contributed by atoms with Gasteiger partial charge in [-0.3, -0.25) is 9.59 Å². The van der Waals surface area contributed by atoms with Crippen molar-refractivity contribution in [3.8, 4) is 0 Å². The first kappa shape index (κ1) is 20.6. The number of aryl methyl sites for hydroxylation is 1. The lowest BCUT2D eigenvalue weighted by atomic mass is 10.0. The van der Waals surface area contributed by atoms with Crippen LogP contribution in [0.2, 0.25) is 0 Å². The van der Waals surface area contributed by atoms with Gasteiger partial charge in [0.25, 0.3) is 11.8 Å². The normalized spacial score (nSPS) is 14.5. The number of amides is 2. The summed E-state index contributed by atoms with van der Waals surface area (Å²) in [5, 5.41) is 3.04. The smallest absolute Gasteiger partial charge is 0.339 e. The predicted octanol–water partition coefficient (Wildman–Crippen LogP) is 2.71. The molecule has 1 saturated heterocycles. The molecule has 0 spiro atoms. The van der Waals surface area contributed by atoms with Gasteiger partial charge in [-0.15, -0.1) is 0 Å². The molecule has 7 nitrogen and oxygen atoms in total. The van der Waals surface area contributed by atoms with Gasteiger partial charge < -0.3 is 19.9 Å². The molecule has 0 aliphatic carbocycles. The van der Waals surface area contributed by atoms with Crippen LogP contribution < -0.4 is 5.32 Å². The molecule has 1 aliphatic rings. The quantitative estimate of drug-likeness (QED) is 0.759. The van der Waals surface area contributed by atoms with E-state index in [-0.39, 0.29) is 17.9 Å². The lowest BCUT2D eigenvalue weighted by Gasteiger charge is -2.32. The summed E-state index contributed by atoms with van der Waals surface area (Å²) in [4.78, 5) is 42.3. The monoisotopic (exact) mass is 397 g/mol. The Bertz CT molecular complexity index is 896. The van der Waals surface area contributed by atoms with Gasteiger partial charge in [0.15, 0.2) is 0 Å². The van der Waals surface area contributed by atoms with Crippen molar-refractivity contribution in [2.24, 2.45) is 0 Å². The summed E-state index contributed by atoms with van der Waals surface area (Å²) in [6, 6.07) is 9.15. The molecule has 29 heavy (non-hydrogen) atoms. The van der Waals surface area contributed by atoms with E-state index < -0.39 is 5.97 Å². The topological polar surface area (TPSA) is 91.5 Å². The number of rotatable bonds is 5. The van der Waals surface area contributed by atoms with Crippen LogP contribution in [0.15, 0.2) is 30.3 Å². The molecule has 0 radical (unpaired) electrons. The maximum Gasteiger partial charge on any atom is 0.339 e. The number of nitrogens with zero attached hydrogens (tertiary/aromatic N) is 1. The van der Waals surface area contributed by atoms with Gasteiger partial charge in [0.2, 0.25) is 0 Å². The van der Waals surface area contributed by atoms with E-state index in [0.717, 1.165) is 0 Å². The van der Waals surface area contributed by atoms with Gasteiger partial charge >= 0.3 is 5.97 Å². The molecule has 2 aromatic rings. The first-order valence-electron chi connectivity index (χ1n) is 9.91. The molecule has 154 valence electrons. The Morgan fingerprint density at radius 1 is 1.17 bits per heavy atom. The Hall–Kier alpha value is -3.09. The van der Waals surface area contributed by atoms with Crippen LogP contribution in [0.4, 0.5) is 0 Å². The van der Waals surface area contributed by atoms with Crippen molar-refractivity contribution in [1.29, 1.82) is 0 Å². The standard InChI is InChI=1S/C22H27N3O4/c1-4-17-18(22(28)29-3)14(2)19(24-17)21(27)25-12-10-16(11-13-25)23-20(26)15-8-6-5-7-9-15/h5-9,16,24H,4,10-13H2,1-3H3,(H,23,26). The van der Waals surface area contributed by atoms with E-state index in [1.165, 1.54) is 7.11 Å². The van der Waals surface area contributed by atoms with E-state index in [1.807, 2.05) is 25.1 Å². The second-order valence-electron chi connectivity index (χ2n) is 7.23. The number of piperidine rings is 1. The second kappa shape index (κ2) is 8.94. The molecule has 0 bridgehead atoms. The Balaban J connectivity index is 1.64. The van der Waals surface area contributed by atoms with Crippen LogP contribution in [0.25, 0.3) is 0 Å². The maximum atomic E-state index is 13.0. The zero-order valence-electron chi connectivity index (χ0n) is 17.1. The summed E-state index contributed by atoms with van der Waals surface area (Å²) in [5.74, 6) is -0.650. The first-order chi connectivity index (χ1) is 14.0. The third kappa shape index (κ3) is 4.34. The third-order valence-electron chi connectivity index (χ3n) is 5.44. The highest BCUT2D eigenvalue weighted by molar-refractivity contribution is 6.00. The number of ether oxygens (including phenoxy) is 1. The fraction of sp³-hybridized carbons (Fsp3) is 0.409.